The van der Waals surface area contributed by atoms with Gasteiger partial charge >= 0.3 is 0 Å². The molecule has 0 aliphatic rings. The van der Waals surface area contributed by atoms with Crippen LogP contribution in [0.1, 0.15) is 11.1 Å². The number of anilines is 1. The van der Waals surface area contributed by atoms with Crippen molar-refractivity contribution in [2.24, 2.45) is 0 Å². The van der Waals surface area contributed by atoms with Gasteiger partial charge in [0, 0.05) is 11.4 Å². The lowest BCUT2D eigenvalue weighted by atomic mass is 10.1. The third-order valence-corrected chi connectivity index (χ3v) is 1.93. The summed E-state index contributed by atoms with van der Waals surface area (Å²) in [4.78, 5) is 0. The van der Waals surface area contributed by atoms with Crippen molar-refractivity contribution in [3.05, 3.63) is 29.3 Å². The second kappa shape index (κ2) is 2.97. The first-order valence-electron chi connectivity index (χ1n) is 3.20. The van der Waals surface area contributed by atoms with Crippen LogP contribution in [-0.2, 0) is 5.75 Å². The summed E-state index contributed by atoms with van der Waals surface area (Å²) in [6, 6.07) is 5.99. The second-order valence-corrected chi connectivity index (χ2v) is 2.62. The van der Waals surface area contributed by atoms with Gasteiger partial charge in [-0.2, -0.15) is 12.6 Å². The summed E-state index contributed by atoms with van der Waals surface area (Å²) in [6.45, 7) is 2.00. The normalized spacial score (nSPS) is 9.80. The zero-order valence-electron chi connectivity index (χ0n) is 5.96. The minimum Gasteiger partial charge on any atom is -0.398 e. The minimum atomic E-state index is 0.716. The fourth-order valence-electron chi connectivity index (χ4n) is 0.879. The molecule has 0 aliphatic heterocycles. The van der Waals surface area contributed by atoms with Crippen LogP contribution in [-0.4, -0.2) is 0 Å². The van der Waals surface area contributed by atoms with Gasteiger partial charge in [-0.3, -0.25) is 0 Å². The smallest absolute Gasteiger partial charge is 0.0384 e. The zero-order chi connectivity index (χ0) is 7.56. The molecule has 0 bridgehead atoms. The van der Waals surface area contributed by atoms with E-state index in [1.54, 1.807) is 0 Å². The maximum absolute atomic E-state index is 5.74. The maximum atomic E-state index is 5.74. The van der Waals surface area contributed by atoms with Crippen LogP contribution in [0.5, 0.6) is 0 Å². The lowest BCUT2D eigenvalue weighted by molar-refractivity contribution is 1.36. The third kappa shape index (κ3) is 1.27. The Kier molecular flexibility index (Phi) is 2.22. The maximum Gasteiger partial charge on any atom is 0.0384 e. The predicted octanol–water partition coefficient (Wildman–Crippen LogP) is 2.01. The lowest BCUT2D eigenvalue weighted by Gasteiger charge is -2.03. The second-order valence-electron chi connectivity index (χ2n) is 2.31. The van der Waals surface area contributed by atoms with Gasteiger partial charge in [-0.15, -0.1) is 0 Å². The Balaban J connectivity index is 3.14. The Hall–Kier alpha value is -0.630. The summed E-state index contributed by atoms with van der Waals surface area (Å²) in [5, 5.41) is 0. The molecule has 1 aromatic carbocycles. The number of hydrogen-bond acceptors (Lipinski definition) is 2. The van der Waals surface area contributed by atoms with Gasteiger partial charge in [-0.1, -0.05) is 18.2 Å². The molecule has 0 fully saturated rings. The largest absolute Gasteiger partial charge is 0.398 e. The highest BCUT2D eigenvalue weighted by Crippen LogP contribution is 2.17. The Labute approximate surface area is 66.7 Å². The number of para-hydroxylation sites is 1. The summed E-state index contributed by atoms with van der Waals surface area (Å²) in [5.41, 5.74) is 8.86. The van der Waals surface area contributed by atoms with Gasteiger partial charge in [0.1, 0.15) is 0 Å². The van der Waals surface area contributed by atoms with Crippen molar-refractivity contribution in [1.82, 2.24) is 0 Å². The first-order valence-corrected chi connectivity index (χ1v) is 3.83. The van der Waals surface area contributed by atoms with Gasteiger partial charge in [-0.05, 0) is 18.1 Å². The van der Waals surface area contributed by atoms with E-state index in [-0.39, 0.29) is 0 Å². The average molecular weight is 153 g/mol. The molecule has 1 nitrogen and oxygen atoms in total. The predicted molar refractivity (Wildman–Crippen MR) is 48.3 cm³/mol. The van der Waals surface area contributed by atoms with E-state index >= 15 is 0 Å². The van der Waals surface area contributed by atoms with E-state index in [1.807, 2.05) is 25.1 Å². The molecule has 54 valence electrons. The Morgan fingerprint density at radius 1 is 1.50 bits per heavy atom. The molecule has 2 N–H and O–H groups in total. The number of rotatable bonds is 1. The fraction of sp³-hybridized carbons (Fsp3) is 0.250. The van der Waals surface area contributed by atoms with E-state index in [1.165, 1.54) is 0 Å². The van der Waals surface area contributed by atoms with E-state index in [2.05, 4.69) is 12.6 Å². The van der Waals surface area contributed by atoms with Crippen molar-refractivity contribution in [2.45, 2.75) is 12.7 Å². The summed E-state index contributed by atoms with van der Waals surface area (Å²) in [6.07, 6.45) is 0. The molecule has 0 aliphatic carbocycles. The van der Waals surface area contributed by atoms with Crippen molar-refractivity contribution < 1.29 is 0 Å². The highest BCUT2D eigenvalue weighted by atomic mass is 32.1. The molecule has 0 saturated carbocycles. The van der Waals surface area contributed by atoms with Gasteiger partial charge in [-0.25, -0.2) is 0 Å². The van der Waals surface area contributed by atoms with Crippen LogP contribution in [0.2, 0.25) is 0 Å². The summed E-state index contributed by atoms with van der Waals surface area (Å²) < 4.78 is 0. The van der Waals surface area contributed by atoms with Gasteiger partial charge < -0.3 is 5.73 Å². The lowest BCUT2D eigenvalue weighted by Crippen LogP contribution is -1.94. The highest BCUT2D eigenvalue weighted by molar-refractivity contribution is 7.79. The zero-order valence-corrected chi connectivity index (χ0v) is 6.86. The van der Waals surface area contributed by atoms with Gasteiger partial charge in [0.2, 0.25) is 0 Å². The molecule has 0 unspecified atom stereocenters. The molecular formula is C8H11NS. The standard InChI is InChI=1S/C8H11NS/c1-6-3-2-4-7(5-10)8(6)9/h2-4,10H,5,9H2,1H3. The van der Waals surface area contributed by atoms with Gasteiger partial charge in [0.05, 0.1) is 0 Å². The molecule has 2 heteroatoms. The van der Waals surface area contributed by atoms with Crippen molar-refractivity contribution >= 4 is 18.3 Å². The monoisotopic (exact) mass is 153 g/mol. The SMILES string of the molecule is Cc1cccc(CS)c1N. The molecule has 0 radical (unpaired) electrons. The van der Waals surface area contributed by atoms with E-state index in [9.17, 15) is 0 Å². The van der Waals surface area contributed by atoms with E-state index in [0.29, 0.717) is 5.75 Å². The number of benzene rings is 1. The summed E-state index contributed by atoms with van der Waals surface area (Å²) in [7, 11) is 0. The number of hydrogen-bond donors (Lipinski definition) is 2. The molecule has 0 aromatic heterocycles. The summed E-state index contributed by atoms with van der Waals surface area (Å²) in [5.74, 6) is 0.716. The van der Waals surface area contributed by atoms with E-state index in [4.69, 9.17) is 5.73 Å². The average Bonchev–Trinajstić information content (AvgIpc) is 1.95. The van der Waals surface area contributed by atoms with Crippen LogP contribution in [0, 0.1) is 6.92 Å². The topological polar surface area (TPSA) is 26.0 Å². The Morgan fingerprint density at radius 3 is 2.70 bits per heavy atom. The molecule has 0 spiro atoms. The molecular weight excluding hydrogens is 142 g/mol. The van der Waals surface area contributed by atoms with Crippen LogP contribution in [0.4, 0.5) is 5.69 Å². The van der Waals surface area contributed by atoms with Crippen LogP contribution >= 0.6 is 12.6 Å². The van der Waals surface area contributed by atoms with E-state index in [0.717, 1.165) is 16.8 Å². The molecule has 1 aromatic rings. The molecule has 10 heavy (non-hydrogen) atoms. The number of aryl methyl sites for hydroxylation is 1. The molecule has 0 saturated heterocycles. The quantitative estimate of drug-likeness (QED) is 0.468. The third-order valence-electron chi connectivity index (χ3n) is 1.58. The van der Waals surface area contributed by atoms with Gasteiger partial charge in [0.15, 0.2) is 0 Å². The van der Waals surface area contributed by atoms with Crippen LogP contribution < -0.4 is 5.73 Å². The number of nitrogens with two attached hydrogens (primary N) is 1. The van der Waals surface area contributed by atoms with E-state index < -0.39 is 0 Å². The van der Waals surface area contributed by atoms with Crippen molar-refractivity contribution in [3.63, 3.8) is 0 Å². The Bertz CT molecular complexity index is 233. The van der Waals surface area contributed by atoms with Crippen LogP contribution in [0.3, 0.4) is 0 Å². The van der Waals surface area contributed by atoms with Crippen LogP contribution in [0.25, 0.3) is 0 Å². The molecule has 1 rings (SSSR count). The first-order chi connectivity index (χ1) is 4.75. The molecule has 0 heterocycles. The molecule has 0 amide bonds. The first kappa shape index (κ1) is 7.48. The van der Waals surface area contributed by atoms with Crippen LogP contribution in [0.15, 0.2) is 18.2 Å². The Morgan fingerprint density at radius 2 is 2.20 bits per heavy atom. The van der Waals surface area contributed by atoms with Crippen molar-refractivity contribution in [2.75, 3.05) is 5.73 Å². The van der Waals surface area contributed by atoms with Crippen molar-refractivity contribution in [3.8, 4) is 0 Å². The van der Waals surface area contributed by atoms with Gasteiger partial charge in [0.25, 0.3) is 0 Å². The summed E-state index contributed by atoms with van der Waals surface area (Å²) >= 11 is 4.15. The number of nitrogen functional groups attached to an aromatic ring is 1. The molecule has 0 atom stereocenters. The van der Waals surface area contributed by atoms with Crippen molar-refractivity contribution in [1.29, 1.82) is 0 Å². The highest BCUT2D eigenvalue weighted by Gasteiger charge is 1.96. The fourth-order valence-corrected chi connectivity index (χ4v) is 1.16. The number of thiol groups is 1. The minimum absolute atomic E-state index is 0.716.